The number of amides is 1. The van der Waals surface area contributed by atoms with Crippen molar-refractivity contribution in [2.75, 3.05) is 0 Å². The number of non-ortho nitro benzene ring substituents is 1. The fourth-order valence-electron chi connectivity index (χ4n) is 1.67. The lowest BCUT2D eigenvalue weighted by molar-refractivity contribution is -0.389. The van der Waals surface area contributed by atoms with E-state index < -0.39 is 27.3 Å². The van der Waals surface area contributed by atoms with Crippen LogP contribution in [0.5, 0.6) is 0 Å². The van der Waals surface area contributed by atoms with E-state index in [9.17, 15) is 25.0 Å². The van der Waals surface area contributed by atoms with Crippen molar-refractivity contribution in [1.29, 1.82) is 0 Å². The van der Waals surface area contributed by atoms with Crippen molar-refractivity contribution < 1.29 is 14.6 Å². The van der Waals surface area contributed by atoms with Gasteiger partial charge >= 0.3 is 5.82 Å². The number of nitrogens with one attached hydrogen (secondary N) is 2. The maximum atomic E-state index is 11.8. The molecule has 1 amide bonds. The van der Waals surface area contributed by atoms with E-state index >= 15 is 0 Å². The largest absolute Gasteiger partial charge is 0.358 e. The van der Waals surface area contributed by atoms with Crippen LogP contribution in [0.1, 0.15) is 23.0 Å². The monoisotopic (exact) mass is 318 g/mol. The fourth-order valence-corrected chi connectivity index (χ4v) is 1.67. The third-order valence-electron chi connectivity index (χ3n) is 2.84. The summed E-state index contributed by atoms with van der Waals surface area (Å²) < 4.78 is 0. The molecule has 0 aliphatic rings. The Kier molecular flexibility index (Phi) is 4.40. The van der Waals surface area contributed by atoms with Crippen molar-refractivity contribution in [1.82, 2.24) is 15.4 Å². The zero-order valence-corrected chi connectivity index (χ0v) is 11.7. The van der Waals surface area contributed by atoms with Crippen LogP contribution in [0.4, 0.5) is 11.5 Å². The summed E-state index contributed by atoms with van der Waals surface area (Å²) in [4.78, 5) is 37.6. The van der Waals surface area contributed by atoms with Gasteiger partial charge in [-0.05, 0) is 29.5 Å². The van der Waals surface area contributed by atoms with Crippen LogP contribution in [0, 0.1) is 20.2 Å². The number of imidazole rings is 1. The van der Waals surface area contributed by atoms with Crippen LogP contribution >= 0.6 is 0 Å². The average molecular weight is 318 g/mol. The molecule has 0 aliphatic heterocycles. The highest BCUT2D eigenvalue weighted by Crippen LogP contribution is 2.13. The number of H-pyrrole nitrogens is 1. The summed E-state index contributed by atoms with van der Waals surface area (Å²) in [6.07, 6.45) is 1.03. The lowest BCUT2D eigenvalue weighted by Gasteiger charge is -2.02. The second kappa shape index (κ2) is 6.43. The molecule has 11 heteroatoms. The van der Waals surface area contributed by atoms with E-state index in [1.165, 1.54) is 24.3 Å². The second-order valence-corrected chi connectivity index (χ2v) is 4.30. The molecule has 0 atom stereocenters. The minimum absolute atomic E-state index is 0.0715. The minimum Gasteiger partial charge on any atom is -0.358 e. The molecule has 0 bridgehead atoms. The van der Waals surface area contributed by atoms with Gasteiger partial charge in [-0.15, -0.1) is 0 Å². The Labute approximate surface area is 128 Å². The smallest absolute Gasteiger partial charge is 0.353 e. The van der Waals surface area contributed by atoms with E-state index in [2.05, 4.69) is 20.5 Å². The molecular weight excluding hydrogens is 308 g/mol. The van der Waals surface area contributed by atoms with E-state index in [1.54, 1.807) is 6.92 Å². The maximum Gasteiger partial charge on any atom is 0.353 e. The average Bonchev–Trinajstić information content (AvgIpc) is 3.02. The van der Waals surface area contributed by atoms with E-state index in [-0.39, 0.29) is 5.69 Å². The van der Waals surface area contributed by atoms with E-state index in [1.807, 2.05) is 0 Å². The summed E-state index contributed by atoms with van der Waals surface area (Å²) in [6.45, 7) is 1.57. The molecule has 0 aliphatic carbocycles. The van der Waals surface area contributed by atoms with Crippen molar-refractivity contribution in [2.24, 2.45) is 5.10 Å². The first-order valence-electron chi connectivity index (χ1n) is 6.17. The topological polar surface area (TPSA) is 156 Å². The number of aromatic nitrogens is 2. The SMILES string of the molecule is CC(=NNC(=O)c1nc[nH]c1[N+](=O)[O-])c1ccc([N+](=O)[O-])cc1. The number of nitro benzene ring substituents is 1. The Morgan fingerprint density at radius 3 is 2.43 bits per heavy atom. The number of hydrazone groups is 1. The first kappa shape index (κ1) is 15.8. The molecule has 1 aromatic carbocycles. The number of carbonyl (C=O) groups is 1. The third kappa shape index (κ3) is 3.53. The summed E-state index contributed by atoms with van der Waals surface area (Å²) >= 11 is 0. The number of nitro groups is 2. The molecule has 0 unspecified atom stereocenters. The quantitative estimate of drug-likeness (QED) is 0.481. The molecule has 2 aromatic rings. The summed E-state index contributed by atoms with van der Waals surface area (Å²) in [5, 5.41) is 25.1. The third-order valence-corrected chi connectivity index (χ3v) is 2.84. The number of carbonyl (C=O) groups excluding carboxylic acids is 1. The lowest BCUT2D eigenvalue weighted by atomic mass is 10.1. The van der Waals surface area contributed by atoms with Gasteiger partial charge in [0.25, 0.3) is 11.6 Å². The van der Waals surface area contributed by atoms with E-state index in [4.69, 9.17) is 0 Å². The van der Waals surface area contributed by atoms with Gasteiger partial charge in [-0.2, -0.15) is 5.10 Å². The Bertz CT molecular complexity index is 795. The van der Waals surface area contributed by atoms with Crippen LogP contribution < -0.4 is 5.43 Å². The fraction of sp³-hybridized carbons (Fsp3) is 0.0833. The Morgan fingerprint density at radius 2 is 1.87 bits per heavy atom. The highest BCUT2D eigenvalue weighted by atomic mass is 16.6. The molecule has 2 rings (SSSR count). The molecule has 23 heavy (non-hydrogen) atoms. The number of benzene rings is 1. The van der Waals surface area contributed by atoms with Gasteiger partial charge in [-0.3, -0.25) is 14.9 Å². The van der Waals surface area contributed by atoms with Crippen molar-refractivity contribution in [3.05, 3.63) is 62.1 Å². The first-order chi connectivity index (χ1) is 10.9. The minimum atomic E-state index is -0.848. The number of aromatic amines is 1. The summed E-state index contributed by atoms with van der Waals surface area (Å²) in [7, 11) is 0. The molecule has 1 aromatic heterocycles. The van der Waals surface area contributed by atoms with Gasteiger partial charge in [0.1, 0.15) is 0 Å². The van der Waals surface area contributed by atoms with Crippen molar-refractivity contribution in [2.45, 2.75) is 6.92 Å². The van der Waals surface area contributed by atoms with Crippen molar-refractivity contribution in [3.8, 4) is 0 Å². The zero-order valence-electron chi connectivity index (χ0n) is 11.7. The normalized spacial score (nSPS) is 11.1. The number of hydrogen-bond donors (Lipinski definition) is 2. The van der Waals surface area contributed by atoms with Gasteiger partial charge in [-0.1, -0.05) is 0 Å². The maximum absolute atomic E-state index is 11.8. The highest BCUT2D eigenvalue weighted by molar-refractivity contribution is 6.01. The highest BCUT2D eigenvalue weighted by Gasteiger charge is 2.22. The van der Waals surface area contributed by atoms with Crippen LogP contribution in [0.3, 0.4) is 0 Å². The zero-order chi connectivity index (χ0) is 17.0. The number of hydrogen-bond acceptors (Lipinski definition) is 7. The van der Waals surface area contributed by atoms with Crippen LogP contribution in [0.25, 0.3) is 0 Å². The molecule has 0 radical (unpaired) electrons. The standard InChI is InChI=1S/C12H10N6O5/c1-7(8-2-4-9(5-3-8)17(20)21)15-16-12(19)10-11(18(22)23)14-6-13-10/h2-6H,1H3,(H,13,14)(H,16,19). The summed E-state index contributed by atoms with van der Waals surface area (Å²) in [5.41, 5.74) is 2.59. The molecule has 0 saturated carbocycles. The van der Waals surface area contributed by atoms with Crippen LogP contribution in [-0.2, 0) is 0 Å². The van der Waals surface area contributed by atoms with Crippen LogP contribution in [0.15, 0.2) is 35.7 Å². The Morgan fingerprint density at radius 1 is 1.22 bits per heavy atom. The molecule has 2 N–H and O–H groups in total. The molecule has 0 fully saturated rings. The van der Waals surface area contributed by atoms with Crippen molar-refractivity contribution >= 4 is 23.1 Å². The summed E-state index contributed by atoms with van der Waals surface area (Å²) in [6, 6.07) is 5.55. The first-order valence-corrected chi connectivity index (χ1v) is 6.17. The molecule has 1 heterocycles. The Hall–Kier alpha value is -3.63. The summed E-state index contributed by atoms with van der Waals surface area (Å²) in [5.74, 6) is -1.38. The van der Waals surface area contributed by atoms with Gasteiger partial charge in [0.05, 0.1) is 10.6 Å². The molecule has 0 saturated heterocycles. The number of rotatable bonds is 5. The van der Waals surface area contributed by atoms with Crippen LogP contribution in [0.2, 0.25) is 0 Å². The molecule has 11 nitrogen and oxygen atoms in total. The van der Waals surface area contributed by atoms with Crippen LogP contribution in [-0.4, -0.2) is 31.4 Å². The van der Waals surface area contributed by atoms with E-state index in [0.29, 0.717) is 11.3 Å². The lowest BCUT2D eigenvalue weighted by Crippen LogP contribution is -2.20. The predicted molar refractivity (Wildman–Crippen MR) is 78.0 cm³/mol. The van der Waals surface area contributed by atoms with Gasteiger partial charge in [0.2, 0.25) is 5.69 Å². The van der Waals surface area contributed by atoms with Crippen molar-refractivity contribution in [3.63, 3.8) is 0 Å². The molecule has 0 spiro atoms. The van der Waals surface area contributed by atoms with Gasteiger partial charge in [0, 0.05) is 12.1 Å². The Balaban J connectivity index is 2.12. The second-order valence-electron chi connectivity index (χ2n) is 4.30. The van der Waals surface area contributed by atoms with Gasteiger partial charge < -0.3 is 10.1 Å². The van der Waals surface area contributed by atoms with Gasteiger partial charge in [-0.25, -0.2) is 15.4 Å². The number of nitrogens with zero attached hydrogens (tertiary/aromatic N) is 4. The predicted octanol–water partition coefficient (Wildman–Crippen LogP) is 1.38. The molecular formula is C12H10N6O5. The van der Waals surface area contributed by atoms with E-state index in [0.717, 1.165) is 6.33 Å². The van der Waals surface area contributed by atoms with Gasteiger partial charge in [0.15, 0.2) is 6.33 Å². The molecule has 118 valence electrons.